The van der Waals surface area contributed by atoms with E-state index in [1.165, 1.54) is 11.9 Å². The van der Waals surface area contributed by atoms with Crippen LogP contribution in [0.5, 0.6) is 0 Å². The minimum atomic E-state index is 0.0686. The molecule has 18 heteroatoms. The summed E-state index contributed by atoms with van der Waals surface area (Å²) in [7, 11) is 0. The third-order valence-electron chi connectivity index (χ3n) is 9.24. The largest absolute Gasteiger partial charge is 0.383 e. The zero-order valence-corrected chi connectivity index (χ0v) is 33.8. The van der Waals surface area contributed by atoms with E-state index in [9.17, 15) is 4.79 Å². The zero-order valence-electron chi connectivity index (χ0n) is 33.8. The van der Waals surface area contributed by atoms with Gasteiger partial charge in [-0.05, 0) is 35.2 Å². The lowest BCUT2D eigenvalue weighted by atomic mass is 9.97. The van der Waals surface area contributed by atoms with E-state index in [0.29, 0.717) is 155 Å². The molecule has 1 amide bonds. The number of rotatable bonds is 31. The van der Waals surface area contributed by atoms with Gasteiger partial charge >= 0.3 is 0 Å². The highest BCUT2D eigenvalue weighted by molar-refractivity contribution is 6.16. The van der Waals surface area contributed by atoms with E-state index in [-0.39, 0.29) is 17.4 Å². The van der Waals surface area contributed by atoms with Gasteiger partial charge in [-0.15, -0.1) is 0 Å². The van der Waals surface area contributed by atoms with Crippen LogP contribution in [0.2, 0.25) is 0 Å². The van der Waals surface area contributed by atoms with E-state index in [0.717, 1.165) is 28.6 Å². The molecule has 0 saturated heterocycles. The molecule has 0 unspecified atom stereocenters. The van der Waals surface area contributed by atoms with Crippen molar-refractivity contribution >= 4 is 34.3 Å². The Balaban J connectivity index is 0.852. The number of fused-ring (bicyclic) bond motifs is 2. The number of hydrogen-bond donors (Lipinski definition) is 5. The number of carbonyl (C=O) groups excluding carboxylic acids is 1. The molecule has 0 atom stereocenters. The van der Waals surface area contributed by atoms with Crippen molar-refractivity contribution in [1.82, 2.24) is 24.8 Å². The van der Waals surface area contributed by atoms with Gasteiger partial charge in [0.2, 0.25) is 5.91 Å². The minimum absolute atomic E-state index is 0.0686. The Kier molecular flexibility index (Phi) is 20.4. The summed E-state index contributed by atoms with van der Waals surface area (Å²) >= 11 is 0. The van der Waals surface area contributed by atoms with Crippen LogP contribution < -0.4 is 16.8 Å². The van der Waals surface area contributed by atoms with E-state index in [1.807, 2.05) is 29.3 Å². The number of nitrogens with two attached hydrogens (primary N) is 2. The molecule has 1 aromatic carbocycles. The summed E-state index contributed by atoms with van der Waals surface area (Å²) in [5, 5.41) is 13.1. The fourth-order valence-corrected chi connectivity index (χ4v) is 6.16. The third kappa shape index (κ3) is 15.8. The highest BCUT2D eigenvalue weighted by atomic mass is 16.6. The van der Waals surface area contributed by atoms with Crippen molar-refractivity contribution in [2.75, 3.05) is 130 Å². The van der Waals surface area contributed by atoms with Crippen LogP contribution in [0.15, 0.2) is 49.1 Å². The standard InChI is InChI=1S/C41H59N9O9/c42-6-10-53-12-14-55-16-18-57-20-22-59-24-23-58-21-19-56-17-15-54-13-11-52-9-5-36(51)50-8-4-32-25-31(1-2-34(32)29-50)27-46-41-37(39(44)48-30-49-41)38(43)35-26-33-3-7-45-40(33)47-28-35/h1-3,7,25-26,28,30,43H,4-6,8-24,27,29,42H2,(H,45,47)(H3,44,46,48,49). The number of amides is 1. The summed E-state index contributed by atoms with van der Waals surface area (Å²) in [5.41, 5.74) is 17.0. The monoisotopic (exact) mass is 821 g/mol. The number of benzene rings is 1. The van der Waals surface area contributed by atoms with Gasteiger partial charge in [-0.1, -0.05) is 18.2 Å². The number of pyridine rings is 1. The predicted octanol–water partition coefficient (Wildman–Crippen LogP) is 2.33. The number of nitrogens with zero attached hydrogens (tertiary/aromatic N) is 4. The molecule has 322 valence electrons. The number of hydrogen-bond acceptors (Lipinski definition) is 16. The van der Waals surface area contributed by atoms with E-state index in [1.54, 1.807) is 6.20 Å². The normalized spacial score (nSPS) is 12.6. The smallest absolute Gasteiger partial charge is 0.225 e. The highest BCUT2D eigenvalue weighted by Crippen LogP contribution is 2.25. The van der Waals surface area contributed by atoms with Crippen molar-refractivity contribution in [3.05, 3.63) is 76.9 Å². The van der Waals surface area contributed by atoms with Crippen molar-refractivity contribution in [3.8, 4) is 0 Å². The molecule has 0 spiro atoms. The maximum Gasteiger partial charge on any atom is 0.225 e. The first-order valence-electron chi connectivity index (χ1n) is 20.1. The molecule has 0 saturated carbocycles. The quantitative estimate of drug-likeness (QED) is 0.0362. The molecular formula is C41H59N9O9. The van der Waals surface area contributed by atoms with E-state index in [4.69, 9.17) is 54.8 Å². The minimum Gasteiger partial charge on any atom is -0.383 e. The number of aromatic nitrogens is 4. The van der Waals surface area contributed by atoms with E-state index in [2.05, 4.69) is 37.4 Å². The number of aromatic amines is 1. The first kappa shape index (κ1) is 45.5. The second-order valence-electron chi connectivity index (χ2n) is 13.5. The third-order valence-corrected chi connectivity index (χ3v) is 9.24. The SMILES string of the molecule is N=C(c1cnc2[nH]ccc2c1)c1c(N)ncnc1NCc1ccc2c(c1)CCN(C(=O)CCOCCOCCOCCOCCOCCOCCOCCOCCN)C2. The number of H-pyrrole nitrogens is 1. The van der Waals surface area contributed by atoms with Gasteiger partial charge in [0.15, 0.2) is 0 Å². The lowest BCUT2D eigenvalue weighted by Gasteiger charge is -2.29. The van der Waals surface area contributed by atoms with Crippen molar-refractivity contribution < 1.29 is 42.7 Å². The number of carbonyl (C=O) groups is 1. The Morgan fingerprint density at radius 3 is 1.95 bits per heavy atom. The Labute approximate surface area is 345 Å². The molecule has 7 N–H and O–H groups in total. The topological polar surface area (TPSA) is 237 Å². The fourth-order valence-electron chi connectivity index (χ4n) is 6.16. The number of nitrogen functional groups attached to an aromatic ring is 1. The summed E-state index contributed by atoms with van der Waals surface area (Å²) in [5.74, 6) is 0.760. The van der Waals surface area contributed by atoms with Crippen LogP contribution in [0.1, 0.15) is 34.2 Å². The Hall–Kier alpha value is -4.63. The van der Waals surface area contributed by atoms with Crippen molar-refractivity contribution in [1.29, 1.82) is 5.41 Å². The van der Waals surface area contributed by atoms with Crippen LogP contribution in [-0.4, -0.2) is 155 Å². The molecule has 0 radical (unpaired) electrons. The van der Waals surface area contributed by atoms with Crippen LogP contribution >= 0.6 is 0 Å². The molecular weight excluding hydrogens is 763 g/mol. The van der Waals surface area contributed by atoms with Gasteiger partial charge < -0.3 is 64.6 Å². The van der Waals surface area contributed by atoms with Crippen LogP contribution in [0.3, 0.4) is 0 Å². The first-order chi connectivity index (χ1) is 29.0. The van der Waals surface area contributed by atoms with Crippen molar-refractivity contribution in [2.24, 2.45) is 5.73 Å². The second-order valence-corrected chi connectivity index (χ2v) is 13.5. The molecule has 0 fully saturated rings. The molecule has 3 aromatic heterocycles. The molecule has 0 aliphatic carbocycles. The average molecular weight is 822 g/mol. The predicted molar refractivity (Wildman–Crippen MR) is 222 cm³/mol. The first-order valence-corrected chi connectivity index (χ1v) is 20.1. The number of ether oxygens (including phenoxy) is 8. The van der Waals surface area contributed by atoms with Crippen molar-refractivity contribution in [3.63, 3.8) is 0 Å². The maximum absolute atomic E-state index is 12.9. The molecule has 59 heavy (non-hydrogen) atoms. The number of anilines is 2. The van der Waals surface area contributed by atoms with Crippen LogP contribution in [-0.2, 0) is 62.2 Å². The van der Waals surface area contributed by atoms with E-state index >= 15 is 0 Å². The second kappa shape index (κ2) is 26.5. The lowest BCUT2D eigenvalue weighted by molar-refractivity contribution is -0.133. The molecule has 5 rings (SSSR count). The zero-order chi connectivity index (χ0) is 41.3. The number of nitrogens with one attached hydrogen (secondary N) is 3. The summed E-state index contributed by atoms with van der Waals surface area (Å²) in [4.78, 5) is 30.8. The fraction of sp³-hybridized carbons (Fsp3) is 0.537. The molecule has 18 nitrogen and oxygen atoms in total. The Bertz CT molecular complexity index is 1850. The van der Waals surface area contributed by atoms with Gasteiger partial charge in [0.05, 0.1) is 123 Å². The maximum atomic E-state index is 12.9. The van der Waals surface area contributed by atoms with Gasteiger partial charge in [0.25, 0.3) is 0 Å². The van der Waals surface area contributed by atoms with Crippen LogP contribution in [0, 0.1) is 5.41 Å². The Morgan fingerprint density at radius 2 is 1.34 bits per heavy atom. The van der Waals surface area contributed by atoms with Gasteiger partial charge in [0.1, 0.15) is 23.6 Å². The van der Waals surface area contributed by atoms with Crippen LogP contribution in [0.4, 0.5) is 11.6 Å². The lowest BCUT2D eigenvalue weighted by Crippen LogP contribution is -2.36. The summed E-state index contributed by atoms with van der Waals surface area (Å²) in [6.07, 6.45) is 5.92. The van der Waals surface area contributed by atoms with Gasteiger partial charge in [-0.3, -0.25) is 10.2 Å². The van der Waals surface area contributed by atoms with Gasteiger partial charge in [-0.2, -0.15) is 0 Å². The summed E-state index contributed by atoms with van der Waals surface area (Å²) < 4.78 is 43.8. The van der Waals surface area contributed by atoms with Crippen molar-refractivity contribution in [2.45, 2.75) is 25.9 Å². The Morgan fingerprint density at radius 1 is 0.746 bits per heavy atom. The molecule has 4 aromatic rings. The van der Waals surface area contributed by atoms with Crippen LogP contribution in [0.25, 0.3) is 11.0 Å². The van der Waals surface area contributed by atoms with E-state index < -0.39 is 0 Å². The molecule has 0 bridgehead atoms. The summed E-state index contributed by atoms with van der Waals surface area (Å²) in [6.45, 7) is 9.88. The molecule has 1 aliphatic heterocycles. The molecule has 1 aliphatic rings. The summed E-state index contributed by atoms with van der Waals surface area (Å²) in [6, 6.07) is 10.1. The van der Waals surface area contributed by atoms with Gasteiger partial charge in [-0.25, -0.2) is 15.0 Å². The average Bonchev–Trinajstić information content (AvgIpc) is 3.73. The highest BCUT2D eigenvalue weighted by Gasteiger charge is 2.21. The van der Waals surface area contributed by atoms with Gasteiger partial charge in [0, 0.05) is 49.5 Å². The molecule has 4 heterocycles.